The number of rotatable bonds is 3. The average Bonchev–Trinajstić information content (AvgIpc) is 2.88. The van der Waals surface area contributed by atoms with E-state index in [1.165, 1.54) is 0 Å². The molecule has 0 aliphatic carbocycles. The maximum atomic E-state index is 5.49. The fourth-order valence-corrected chi connectivity index (χ4v) is 1.97. The first-order valence-corrected chi connectivity index (χ1v) is 5.31. The van der Waals surface area contributed by atoms with Crippen LogP contribution >= 0.6 is 11.3 Å². The van der Waals surface area contributed by atoms with E-state index in [1.54, 1.807) is 17.7 Å². The minimum Gasteiger partial charge on any atom is -0.327 e. The molecule has 0 radical (unpaired) electrons. The molecule has 0 bridgehead atoms. The molecule has 0 amide bonds. The molecule has 74 valence electrons. The van der Waals surface area contributed by atoms with Crippen molar-refractivity contribution in [2.45, 2.75) is 19.5 Å². The monoisotopic (exact) mass is 208 g/mol. The third-order valence-electron chi connectivity index (χ3n) is 2.12. The van der Waals surface area contributed by atoms with Crippen LogP contribution in [0.3, 0.4) is 0 Å². The summed E-state index contributed by atoms with van der Waals surface area (Å²) in [5.41, 5.74) is 6.40. The van der Waals surface area contributed by atoms with Crippen LogP contribution in [0.15, 0.2) is 24.1 Å². The minimum atomic E-state index is 0.239. The van der Waals surface area contributed by atoms with Gasteiger partial charge in [0, 0.05) is 24.3 Å². The molecule has 0 fully saturated rings. The lowest BCUT2D eigenvalue weighted by atomic mass is 10.3. The van der Waals surface area contributed by atoms with E-state index in [2.05, 4.69) is 16.9 Å². The molecule has 2 N–H and O–H groups in total. The van der Waals surface area contributed by atoms with Crippen molar-refractivity contribution < 1.29 is 0 Å². The fraction of sp³-hybridized carbons (Fsp3) is 0.333. The second kappa shape index (κ2) is 3.89. The Morgan fingerprint density at radius 3 is 3.00 bits per heavy atom. The summed E-state index contributed by atoms with van der Waals surface area (Å²) in [6.07, 6.45) is 5.58. The van der Waals surface area contributed by atoms with Crippen LogP contribution in [0.5, 0.6) is 0 Å². The third kappa shape index (κ3) is 1.69. The average molecular weight is 208 g/mol. The van der Waals surface area contributed by atoms with Gasteiger partial charge < -0.3 is 10.3 Å². The van der Waals surface area contributed by atoms with Crippen LogP contribution in [0.1, 0.15) is 23.7 Å². The third-order valence-corrected chi connectivity index (χ3v) is 3.07. The van der Waals surface area contributed by atoms with Gasteiger partial charge in [0.05, 0.1) is 18.1 Å². The molecule has 1 unspecified atom stereocenters. The summed E-state index contributed by atoms with van der Waals surface area (Å²) < 4.78 is 2.03. The van der Waals surface area contributed by atoms with Gasteiger partial charge in [0.25, 0.3) is 0 Å². The Kier molecular flexibility index (Phi) is 2.60. The highest BCUT2D eigenvalue weighted by molar-refractivity contribution is 7.09. The number of thiazole rings is 1. The summed E-state index contributed by atoms with van der Waals surface area (Å²) in [5, 5.41) is 3.07. The summed E-state index contributed by atoms with van der Waals surface area (Å²) in [7, 11) is 0. The van der Waals surface area contributed by atoms with Crippen LogP contribution in [0.2, 0.25) is 0 Å². The van der Waals surface area contributed by atoms with E-state index in [4.69, 9.17) is 5.73 Å². The number of hydrogen-bond acceptors (Lipinski definition) is 4. The van der Waals surface area contributed by atoms with Crippen molar-refractivity contribution in [1.82, 2.24) is 14.5 Å². The molecule has 0 saturated heterocycles. The molecule has 4 nitrogen and oxygen atoms in total. The number of hydrogen-bond donors (Lipinski definition) is 1. The smallest absolute Gasteiger partial charge is 0.115 e. The molecular weight excluding hydrogens is 196 g/mol. The van der Waals surface area contributed by atoms with Crippen LogP contribution < -0.4 is 5.73 Å². The van der Waals surface area contributed by atoms with Crippen molar-refractivity contribution in [2.24, 2.45) is 5.73 Å². The molecule has 1 atom stereocenters. The van der Waals surface area contributed by atoms with E-state index in [0.29, 0.717) is 6.54 Å². The molecule has 5 heteroatoms. The highest BCUT2D eigenvalue weighted by Crippen LogP contribution is 2.19. The van der Waals surface area contributed by atoms with Crippen molar-refractivity contribution >= 4 is 11.3 Å². The second-order valence-electron chi connectivity index (χ2n) is 3.06. The van der Waals surface area contributed by atoms with Gasteiger partial charge >= 0.3 is 0 Å². The van der Waals surface area contributed by atoms with Crippen molar-refractivity contribution in [3.05, 3.63) is 34.8 Å². The van der Waals surface area contributed by atoms with Crippen molar-refractivity contribution in [3.63, 3.8) is 0 Å². The molecular formula is C9H12N4S. The van der Waals surface area contributed by atoms with E-state index in [0.717, 1.165) is 10.7 Å². The highest BCUT2D eigenvalue weighted by atomic mass is 32.1. The fourth-order valence-electron chi connectivity index (χ4n) is 1.27. The molecule has 2 aromatic rings. The maximum Gasteiger partial charge on any atom is 0.115 e. The van der Waals surface area contributed by atoms with Gasteiger partial charge in [0.1, 0.15) is 5.01 Å². The molecule has 0 spiro atoms. The first kappa shape index (κ1) is 9.36. The van der Waals surface area contributed by atoms with Gasteiger partial charge in [0.15, 0.2) is 0 Å². The molecule has 0 aliphatic heterocycles. The predicted molar refractivity (Wildman–Crippen MR) is 56.0 cm³/mol. The Hall–Kier alpha value is -1.20. The van der Waals surface area contributed by atoms with Crippen LogP contribution in [0, 0.1) is 0 Å². The molecule has 2 aromatic heterocycles. The molecule has 14 heavy (non-hydrogen) atoms. The Balaban J connectivity index is 2.23. The number of nitrogens with zero attached hydrogens (tertiary/aromatic N) is 3. The summed E-state index contributed by atoms with van der Waals surface area (Å²) >= 11 is 1.65. The van der Waals surface area contributed by atoms with E-state index >= 15 is 0 Å². The summed E-state index contributed by atoms with van der Waals surface area (Å²) in [4.78, 5) is 8.45. The van der Waals surface area contributed by atoms with E-state index in [9.17, 15) is 0 Å². The first-order valence-electron chi connectivity index (χ1n) is 4.43. The summed E-state index contributed by atoms with van der Waals surface area (Å²) in [6, 6.07) is 0.239. The number of aromatic nitrogens is 3. The van der Waals surface area contributed by atoms with E-state index in [1.807, 2.05) is 22.3 Å². The van der Waals surface area contributed by atoms with E-state index in [-0.39, 0.29) is 6.04 Å². The normalized spacial score (nSPS) is 13.0. The zero-order chi connectivity index (χ0) is 9.97. The van der Waals surface area contributed by atoms with Gasteiger partial charge in [0.2, 0.25) is 0 Å². The van der Waals surface area contributed by atoms with Crippen LogP contribution in [-0.2, 0) is 6.54 Å². The molecule has 0 saturated carbocycles. The van der Waals surface area contributed by atoms with Crippen molar-refractivity contribution in [2.75, 3.05) is 0 Å². The Labute approximate surface area is 86.4 Å². The largest absolute Gasteiger partial charge is 0.327 e. The topological polar surface area (TPSA) is 56.7 Å². The van der Waals surface area contributed by atoms with Crippen LogP contribution in [0.25, 0.3) is 0 Å². The Morgan fingerprint density at radius 2 is 2.43 bits per heavy atom. The van der Waals surface area contributed by atoms with Gasteiger partial charge in [-0.3, -0.25) is 0 Å². The lowest BCUT2D eigenvalue weighted by Gasteiger charge is -2.08. The SMILES string of the molecule is CC(c1nccs1)n1cnc(CN)c1. The first-order chi connectivity index (χ1) is 6.81. The van der Waals surface area contributed by atoms with E-state index < -0.39 is 0 Å². The van der Waals surface area contributed by atoms with Gasteiger partial charge in [-0.1, -0.05) is 0 Å². The van der Waals surface area contributed by atoms with Crippen molar-refractivity contribution in [3.8, 4) is 0 Å². The van der Waals surface area contributed by atoms with Gasteiger partial charge in [-0.05, 0) is 6.92 Å². The molecule has 0 aromatic carbocycles. The zero-order valence-electron chi connectivity index (χ0n) is 7.92. The lowest BCUT2D eigenvalue weighted by Crippen LogP contribution is -2.03. The minimum absolute atomic E-state index is 0.239. The Morgan fingerprint density at radius 1 is 1.57 bits per heavy atom. The zero-order valence-corrected chi connectivity index (χ0v) is 8.74. The standard InChI is InChI=1S/C9H12N4S/c1-7(9-11-2-3-14-9)13-5-8(4-10)12-6-13/h2-3,5-7H,4,10H2,1H3. The maximum absolute atomic E-state index is 5.49. The van der Waals surface area contributed by atoms with Crippen LogP contribution in [0.4, 0.5) is 0 Å². The molecule has 2 heterocycles. The quantitative estimate of drug-likeness (QED) is 0.829. The number of imidazole rings is 1. The molecule has 2 rings (SSSR count). The second-order valence-corrected chi connectivity index (χ2v) is 3.99. The summed E-state index contributed by atoms with van der Waals surface area (Å²) in [6.45, 7) is 2.58. The predicted octanol–water partition coefficient (Wildman–Crippen LogP) is 1.41. The number of nitrogens with two attached hydrogens (primary N) is 1. The van der Waals surface area contributed by atoms with Crippen LogP contribution in [-0.4, -0.2) is 14.5 Å². The van der Waals surface area contributed by atoms with Gasteiger partial charge in [-0.25, -0.2) is 9.97 Å². The van der Waals surface area contributed by atoms with Gasteiger partial charge in [-0.15, -0.1) is 11.3 Å². The van der Waals surface area contributed by atoms with Gasteiger partial charge in [-0.2, -0.15) is 0 Å². The lowest BCUT2D eigenvalue weighted by molar-refractivity contribution is 0.633. The highest BCUT2D eigenvalue weighted by Gasteiger charge is 2.10. The van der Waals surface area contributed by atoms with Crippen molar-refractivity contribution in [1.29, 1.82) is 0 Å². The summed E-state index contributed by atoms with van der Waals surface area (Å²) in [5.74, 6) is 0. The molecule has 0 aliphatic rings. The Bertz CT molecular complexity index is 393.